The molecule has 0 spiro atoms. The first kappa shape index (κ1) is 15.5. The van der Waals surface area contributed by atoms with Crippen LogP contribution in [0.2, 0.25) is 0 Å². The Morgan fingerprint density at radius 1 is 1.26 bits per heavy atom. The summed E-state index contributed by atoms with van der Waals surface area (Å²) >= 11 is 0. The maximum atomic E-state index is 12.1. The predicted octanol–water partition coefficient (Wildman–Crippen LogP) is 2.76. The highest BCUT2D eigenvalue weighted by Gasteiger charge is 2.31. The van der Waals surface area contributed by atoms with E-state index in [4.69, 9.17) is 4.74 Å². The van der Waals surface area contributed by atoms with Crippen molar-refractivity contribution in [2.75, 3.05) is 5.32 Å². The van der Waals surface area contributed by atoms with E-state index >= 15 is 0 Å². The number of aliphatic hydroxyl groups is 1. The fourth-order valence-electron chi connectivity index (χ4n) is 2.77. The Morgan fingerprint density at radius 3 is 2.74 bits per heavy atom. The number of rotatable bonds is 5. The first-order chi connectivity index (χ1) is 11.2. The minimum atomic E-state index is -0.517. The molecule has 1 aliphatic rings. The van der Waals surface area contributed by atoms with Gasteiger partial charge < -0.3 is 15.2 Å². The monoisotopic (exact) mass is 312 g/mol. The molecule has 3 rings (SSSR count). The molecule has 120 valence electrons. The second-order valence-electron chi connectivity index (χ2n) is 5.77. The van der Waals surface area contributed by atoms with Gasteiger partial charge in [0.05, 0.1) is 12.0 Å². The fourth-order valence-corrected chi connectivity index (χ4v) is 2.77. The molecule has 2 N–H and O–H groups in total. The van der Waals surface area contributed by atoms with Gasteiger partial charge in [0.15, 0.2) is 0 Å². The number of ether oxygens (including phenoxy) is 1. The molecule has 1 heterocycles. The van der Waals surface area contributed by atoms with E-state index in [0.29, 0.717) is 18.7 Å². The lowest BCUT2D eigenvalue weighted by Gasteiger charge is -2.14. The van der Waals surface area contributed by atoms with E-state index in [-0.39, 0.29) is 11.8 Å². The molecular weight excluding hydrogens is 292 g/mol. The van der Waals surface area contributed by atoms with Crippen molar-refractivity contribution in [1.82, 2.24) is 4.98 Å². The van der Waals surface area contributed by atoms with E-state index in [0.717, 1.165) is 24.2 Å². The number of carbonyl (C=O) groups is 1. The summed E-state index contributed by atoms with van der Waals surface area (Å²) in [6, 6.07) is 11.1. The highest BCUT2D eigenvalue weighted by Crippen LogP contribution is 2.27. The van der Waals surface area contributed by atoms with Crippen LogP contribution >= 0.6 is 0 Å². The Bertz CT molecular complexity index is 643. The van der Waals surface area contributed by atoms with E-state index in [1.54, 1.807) is 24.5 Å². The summed E-state index contributed by atoms with van der Waals surface area (Å²) in [5, 5.41) is 12.6. The number of anilines is 1. The number of aliphatic hydroxyl groups excluding tert-OH is 1. The highest BCUT2D eigenvalue weighted by atomic mass is 16.5. The van der Waals surface area contributed by atoms with Crippen LogP contribution in [0.4, 0.5) is 5.69 Å². The number of pyridine rings is 1. The van der Waals surface area contributed by atoms with Gasteiger partial charge in [0.1, 0.15) is 12.4 Å². The number of amides is 1. The molecule has 2 atom stereocenters. The van der Waals surface area contributed by atoms with Crippen molar-refractivity contribution >= 4 is 11.6 Å². The molecule has 0 aliphatic heterocycles. The van der Waals surface area contributed by atoms with Crippen molar-refractivity contribution in [2.24, 2.45) is 5.92 Å². The van der Waals surface area contributed by atoms with Crippen LogP contribution in [0.5, 0.6) is 5.75 Å². The molecule has 1 aromatic carbocycles. The minimum Gasteiger partial charge on any atom is -0.489 e. The third-order valence-corrected chi connectivity index (χ3v) is 4.07. The van der Waals surface area contributed by atoms with E-state index in [1.807, 2.05) is 24.3 Å². The third-order valence-electron chi connectivity index (χ3n) is 4.07. The van der Waals surface area contributed by atoms with Crippen LogP contribution in [0.1, 0.15) is 24.8 Å². The van der Waals surface area contributed by atoms with Crippen molar-refractivity contribution in [1.29, 1.82) is 0 Å². The molecule has 1 aromatic heterocycles. The third kappa shape index (κ3) is 4.07. The van der Waals surface area contributed by atoms with Gasteiger partial charge in [-0.15, -0.1) is 0 Å². The molecule has 23 heavy (non-hydrogen) atoms. The number of nitrogens with zero attached hydrogens (tertiary/aromatic N) is 1. The quantitative estimate of drug-likeness (QED) is 0.890. The molecule has 5 heteroatoms. The van der Waals surface area contributed by atoms with Crippen molar-refractivity contribution in [2.45, 2.75) is 32.0 Å². The zero-order chi connectivity index (χ0) is 16.1. The van der Waals surface area contributed by atoms with Gasteiger partial charge in [-0.2, -0.15) is 0 Å². The van der Waals surface area contributed by atoms with Gasteiger partial charge in [0, 0.05) is 23.6 Å². The van der Waals surface area contributed by atoms with Gasteiger partial charge in [-0.25, -0.2) is 0 Å². The standard InChI is InChI=1S/C18H20N2O3/c21-17-5-1-4-16(17)18(22)20-14-6-8-15(9-7-14)23-12-13-3-2-10-19-11-13/h2-3,6-11,16-17,21H,1,4-5,12H2,(H,20,22). The van der Waals surface area contributed by atoms with E-state index in [2.05, 4.69) is 10.3 Å². The number of nitrogens with one attached hydrogen (secondary N) is 1. The van der Waals surface area contributed by atoms with E-state index in [9.17, 15) is 9.90 Å². The van der Waals surface area contributed by atoms with Crippen LogP contribution in [0, 0.1) is 5.92 Å². The van der Waals surface area contributed by atoms with Crippen LogP contribution in [0.3, 0.4) is 0 Å². The summed E-state index contributed by atoms with van der Waals surface area (Å²) in [7, 11) is 0. The molecule has 0 bridgehead atoms. The lowest BCUT2D eigenvalue weighted by molar-refractivity contribution is -0.122. The molecule has 2 aromatic rings. The van der Waals surface area contributed by atoms with Crippen molar-refractivity contribution < 1.29 is 14.6 Å². The Morgan fingerprint density at radius 2 is 2.09 bits per heavy atom. The maximum absolute atomic E-state index is 12.1. The summed E-state index contributed by atoms with van der Waals surface area (Å²) in [6.07, 6.45) is 5.33. The zero-order valence-electron chi connectivity index (χ0n) is 12.8. The normalized spacial score (nSPS) is 20.2. The summed E-state index contributed by atoms with van der Waals surface area (Å²) in [4.78, 5) is 16.2. The first-order valence-corrected chi connectivity index (χ1v) is 7.83. The van der Waals surface area contributed by atoms with E-state index in [1.165, 1.54) is 0 Å². The Balaban J connectivity index is 1.53. The Hall–Kier alpha value is -2.40. The fraction of sp³-hybridized carbons (Fsp3) is 0.333. The molecule has 1 fully saturated rings. The van der Waals surface area contributed by atoms with Crippen LogP contribution in [-0.4, -0.2) is 22.1 Å². The molecular formula is C18H20N2O3. The molecule has 0 saturated heterocycles. The number of carbonyl (C=O) groups excluding carboxylic acids is 1. The minimum absolute atomic E-state index is 0.112. The van der Waals surface area contributed by atoms with Gasteiger partial charge >= 0.3 is 0 Å². The molecule has 2 unspecified atom stereocenters. The van der Waals surface area contributed by atoms with Crippen LogP contribution < -0.4 is 10.1 Å². The zero-order valence-corrected chi connectivity index (χ0v) is 12.8. The van der Waals surface area contributed by atoms with Crippen molar-refractivity contribution in [3.8, 4) is 5.75 Å². The number of hydrogen-bond donors (Lipinski definition) is 2. The molecule has 1 saturated carbocycles. The van der Waals surface area contributed by atoms with Gasteiger partial charge in [-0.1, -0.05) is 6.07 Å². The average Bonchev–Trinajstić information content (AvgIpc) is 3.01. The lowest BCUT2D eigenvalue weighted by Crippen LogP contribution is -2.28. The summed E-state index contributed by atoms with van der Waals surface area (Å²) < 4.78 is 5.68. The van der Waals surface area contributed by atoms with Crippen LogP contribution in [0.15, 0.2) is 48.8 Å². The SMILES string of the molecule is O=C(Nc1ccc(OCc2cccnc2)cc1)C1CCCC1O. The summed E-state index contributed by atoms with van der Waals surface area (Å²) in [5.74, 6) is 0.322. The van der Waals surface area contributed by atoms with Crippen LogP contribution in [0.25, 0.3) is 0 Å². The van der Waals surface area contributed by atoms with Gasteiger partial charge in [0.2, 0.25) is 5.91 Å². The maximum Gasteiger partial charge on any atom is 0.230 e. The van der Waals surface area contributed by atoms with Gasteiger partial charge in [-0.3, -0.25) is 9.78 Å². The summed E-state index contributed by atoms with van der Waals surface area (Å²) in [6.45, 7) is 0.452. The Kier molecular flexibility index (Phi) is 4.88. The number of hydrogen-bond acceptors (Lipinski definition) is 4. The lowest BCUT2D eigenvalue weighted by atomic mass is 10.1. The molecule has 5 nitrogen and oxygen atoms in total. The largest absolute Gasteiger partial charge is 0.489 e. The first-order valence-electron chi connectivity index (χ1n) is 7.83. The smallest absolute Gasteiger partial charge is 0.230 e. The van der Waals surface area contributed by atoms with Crippen molar-refractivity contribution in [3.05, 3.63) is 54.4 Å². The average molecular weight is 312 g/mol. The van der Waals surface area contributed by atoms with Crippen molar-refractivity contribution in [3.63, 3.8) is 0 Å². The predicted molar refractivity (Wildman–Crippen MR) is 87.0 cm³/mol. The second kappa shape index (κ2) is 7.24. The number of aromatic nitrogens is 1. The molecule has 1 amide bonds. The molecule has 0 radical (unpaired) electrons. The van der Waals surface area contributed by atoms with Gasteiger partial charge in [0.25, 0.3) is 0 Å². The Labute approximate surface area is 135 Å². The number of benzene rings is 1. The second-order valence-corrected chi connectivity index (χ2v) is 5.77. The van der Waals surface area contributed by atoms with Crippen LogP contribution in [-0.2, 0) is 11.4 Å². The van der Waals surface area contributed by atoms with E-state index < -0.39 is 6.10 Å². The summed E-state index contributed by atoms with van der Waals surface area (Å²) in [5.41, 5.74) is 1.71. The highest BCUT2D eigenvalue weighted by molar-refractivity contribution is 5.93. The molecule has 1 aliphatic carbocycles. The topological polar surface area (TPSA) is 71.5 Å². The van der Waals surface area contributed by atoms with Gasteiger partial charge in [-0.05, 0) is 49.6 Å².